The molecule has 0 bridgehead atoms. The lowest BCUT2D eigenvalue weighted by atomic mass is 10.1. The molecule has 114 valence electrons. The predicted molar refractivity (Wildman–Crippen MR) is 85.5 cm³/mol. The van der Waals surface area contributed by atoms with Crippen LogP contribution in [0.2, 0.25) is 0 Å². The summed E-state index contributed by atoms with van der Waals surface area (Å²) in [6.45, 7) is 0.316. The first-order valence-electron chi connectivity index (χ1n) is 6.94. The average Bonchev–Trinajstić information content (AvgIpc) is 3.04. The molecule has 0 fully saturated rings. The molecule has 0 saturated heterocycles. The number of rotatable bonds is 4. The molecule has 1 aromatic carbocycles. The Balaban J connectivity index is 1.93. The molecule has 0 aliphatic rings. The van der Waals surface area contributed by atoms with Crippen molar-refractivity contribution in [3.63, 3.8) is 0 Å². The lowest BCUT2D eigenvalue weighted by Crippen LogP contribution is -2.27. The third-order valence-electron chi connectivity index (χ3n) is 3.32. The van der Waals surface area contributed by atoms with E-state index in [0.717, 1.165) is 22.0 Å². The molecule has 2 aromatic heterocycles. The van der Waals surface area contributed by atoms with Crippen LogP contribution >= 0.6 is 0 Å². The van der Waals surface area contributed by atoms with Crippen molar-refractivity contribution in [2.45, 2.75) is 0 Å². The maximum absolute atomic E-state index is 11.9. The average molecular weight is 298 g/mol. The van der Waals surface area contributed by atoms with Crippen LogP contribution in [-0.4, -0.2) is 51.4 Å². The Morgan fingerprint density at radius 1 is 1.36 bits per heavy atom. The highest BCUT2D eigenvalue weighted by Crippen LogP contribution is 2.27. The molecule has 0 aliphatic carbocycles. The van der Waals surface area contributed by atoms with Gasteiger partial charge in [0.2, 0.25) is 5.91 Å². The number of likely N-dealkylation sites (N-methyl/N-ethyl adjacent to an activating group) is 1. The van der Waals surface area contributed by atoms with E-state index in [1.807, 2.05) is 56.6 Å². The summed E-state index contributed by atoms with van der Waals surface area (Å²) in [5.74, 6) is 0.456. The Kier molecular flexibility index (Phi) is 3.64. The Hall–Kier alpha value is -2.67. The summed E-state index contributed by atoms with van der Waals surface area (Å²) in [5.41, 5.74) is 2.94. The Bertz CT molecular complexity index is 816. The second-order valence-corrected chi connectivity index (χ2v) is 5.52. The van der Waals surface area contributed by atoms with Gasteiger partial charge in [0.05, 0.1) is 18.3 Å². The number of carbonyl (C=O) groups excluding carboxylic acids is 1. The SMILES string of the molecule is CN(C)CC(=O)Nc1n[nH]c2ccc(-c3cnn(C)c3)cc12. The van der Waals surface area contributed by atoms with Crippen LogP contribution in [0.3, 0.4) is 0 Å². The van der Waals surface area contributed by atoms with Crippen molar-refractivity contribution < 1.29 is 4.79 Å². The first kappa shape index (κ1) is 14.3. The molecule has 0 spiro atoms. The standard InChI is InChI=1S/C15H18N6O/c1-20(2)9-14(22)17-15-12-6-10(4-5-13(12)18-19-15)11-7-16-21(3)8-11/h4-8H,9H2,1-3H3,(H2,17,18,19,22). The fourth-order valence-electron chi connectivity index (χ4n) is 2.32. The predicted octanol–water partition coefficient (Wildman–Crippen LogP) is 1.46. The summed E-state index contributed by atoms with van der Waals surface area (Å²) < 4.78 is 1.76. The highest BCUT2D eigenvalue weighted by Gasteiger charge is 2.11. The molecule has 2 heterocycles. The number of carbonyl (C=O) groups is 1. The van der Waals surface area contributed by atoms with Gasteiger partial charge in [-0.3, -0.25) is 14.6 Å². The number of aryl methyl sites for hydroxylation is 1. The van der Waals surface area contributed by atoms with Crippen molar-refractivity contribution in [2.75, 3.05) is 26.0 Å². The van der Waals surface area contributed by atoms with E-state index in [1.54, 1.807) is 4.68 Å². The summed E-state index contributed by atoms with van der Waals surface area (Å²) in [6.07, 6.45) is 3.76. The summed E-state index contributed by atoms with van der Waals surface area (Å²) in [7, 11) is 5.58. The smallest absolute Gasteiger partial charge is 0.239 e. The molecular weight excluding hydrogens is 280 g/mol. The Morgan fingerprint density at radius 3 is 2.86 bits per heavy atom. The van der Waals surface area contributed by atoms with Crippen molar-refractivity contribution in [3.05, 3.63) is 30.6 Å². The van der Waals surface area contributed by atoms with Crippen molar-refractivity contribution >= 4 is 22.6 Å². The van der Waals surface area contributed by atoms with E-state index in [4.69, 9.17) is 0 Å². The minimum absolute atomic E-state index is 0.0924. The van der Waals surface area contributed by atoms with Crippen molar-refractivity contribution in [2.24, 2.45) is 7.05 Å². The lowest BCUT2D eigenvalue weighted by Gasteiger charge is -2.08. The van der Waals surface area contributed by atoms with Gasteiger partial charge in [0.1, 0.15) is 0 Å². The summed E-state index contributed by atoms with van der Waals surface area (Å²) in [6, 6.07) is 5.95. The number of H-pyrrole nitrogens is 1. The number of aromatic nitrogens is 4. The van der Waals surface area contributed by atoms with Gasteiger partial charge in [-0.2, -0.15) is 10.2 Å². The fraction of sp³-hybridized carbons (Fsp3) is 0.267. The quantitative estimate of drug-likeness (QED) is 0.764. The van der Waals surface area contributed by atoms with Crippen LogP contribution in [-0.2, 0) is 11.8 Å². The fourth-order valence-corrected chi connectivity index (χ4v) is 2.32. The van der Waals surface area contributed by atoms with Gasteiger partial charge in [-0.1, -0.05) is 6.07 Å². The third kappa shape index (κ3) is 2.84. The van der Waals surface area contributed by atoms with Gasteiger partial charge in [-0.15, -0.1) is 0 Å². The molecule has 3 aromatic rings. The molecule has 0 aliphatic heterocycles. The van der Waals surface area contributed by atoms with E-state index < -0.39 is 0 Å². The van der Waals surface area contributed by atoms with Crippen molar-refractivity contribution in [1.29, 1.82) is 0 Å². The Labute approximate surface area is 127 Å². The molecule has 7 heteroatoms. The van der Waals surface area contributed by atoms with Crippen LogP contribution in [0.5, 0.6) is 0 Å². The Morgan fingerprint density at radius 2 is 2.18 bits per heavy atom. The first-order valence-corrected chi connectivity index (χ1v) is 6.94. The van der Waals surface area contributed by atoms with Gasteiger partial charge in [0.25, 0.3) is 0 Å². The minimum atomic E-state index is -0.0924. The van der Waals surface area contributed by atoms with Crippen LogP contribution < -0.4 is 5.32 Å². The molecule has 2 N–H and O–H groups in total. The number of nitrogens with zero attached hydrogens (tertiary/aromatic N) is 4. The molecule has 0 unspecified atom stereocenters. The molecule has 3 rings (SSSR count). The number of fused-ring (bicyclic) bond motifs is 1. The van der Waals surface area contributed by atoms with Gasteiger partial charge in [0.15, 0.2) is 5.82 Å². The zero-order valence-electron chi connectivity index (χ0n) is 12.8. The number of hydrogen-bond donors (Lipinski definition) is 2. The van der Waals surface area contributed by atoms with E-state index in [2.05, 4.69) is 20.6 Å². The number of amides is 1. The highest BCUT2D eigenvalue weighted by atomic mass is 16.2. The second-order valence-electron chi connectivity index (χ2n) is 5.52. The van der Waals surface area contributed by atoms with E-state index >= 15 is 0 Å². The summed E-state index contributed by atoms with van der Waals surface area (Å²) in [4.78, 5) is 13.7. The third-order valence-corrected chi connectivity index (χ3v) is 3.32. The van der Waals surface area contributed by atoms with E-state index in [-0.39, 0.29) is 5.91 Å². The monoisotopic (exact) mass is 298 g/mol. The van der Waals surface area contributed by atoms with E-state index in [0.29, 0.717) is 12.4 Å². The maximum atomic E-state index is 11.9. The normalized spacial score (nSPS) is 11.3. The van der Waals surface area contributed by atoms with E-state index in [1.165, 1.54) is 0 Å². The molecule has 0 atom stereocenters. The van der Waals surface area contributed by atoms with Crippen LogP contribution in [0.25, 0.3) is 22.0 Å². The first-order chi connectivity index (χ1) is 10.5. The molecule has 1 amide bonds. The maximum Gasteiger partial charge on any atom is 0.239 e. The largest absolute Gasteiger partial charge is 0.308 e. The second kappa shape index (κ2) is 5.61. The lowest BCUT2D eigenvalue weighted by molar-refractivity contribution is -0.116. The van der Waals surface area contributed by atoms with E-state index in [9.17, 15) is 4.79 Å². The molecule has 0 saturated carbocycles. The minimum Gasteiger partial charge on any atom is -0.308 e. The summed E-state index contributed by atoms with van der Waals surface area (Å²) in [5, 5.41) is 15.0. The topological polar surface area (TPSA) is 78.8 Å². The molecule has 0 radical (unpaired) electrons. The summed E-state index contributed by atoms with van der Waals surface area (Å²) >= 11 is 0. The highest BCUT2D eigenvalue weighted by molar-refractivity contribution is 6.01. The van der Waals surface area contributed by atoms with Gasteiger partial charge >= 0.3 is 0 Å². The van der Waals surface area contributed by atoms with Crippen molar-refractivity contribution in [1.82, 2.24) is 24.9 Å². The number of nitrogens with one attached hydrogen (secondary N) is 2. The van der Waals surface area contributed by atoms with Gasteiger partial charge < -0.3 is 10.2 Å². The number of aromatic amines is 1. The zero-order valence-corrected chi connectivity index (χ0v) is 12.8. The number of hydrogen-bond acceptors (Lipinski definition) is 4. The molecular formula is C15H18N6O. The molecule has 7 nitrogen and oxygen atoms in total. The van der Waals surface area contributed by atoms with Crippen molar-refractivity contribution in [3.8, 4) is 11.1 Å². The van der Waals surface area contributed by atoms with Gasteiger partial charge in [0, 0.05) is 24.2 Å². The van der Waals surface area contributed by atoms with Crippen LogP contribution in [0.15, 0.2) is 30.6 Å². The van der Waals surface area contributed by atoms with Crippen LogP contribution in [0, 0.1) is 0 Å². The van der Waals surface area contributed by atoms with Gasteiger partial charge in [-0.25, -0.2) is 0 Å². The van der Waals surface area contributed by atoms with Gasteiger partial charge in [-0.05, 0) is 31.8 Å². The zero-order chi connectivity index (χ0) is 15.7. The van der Waals surface area contributed by atoms with Crippen LogP contribution in [0.1, 0.15) is 0 Å². The number of benzene rings is 1. The molecule has 22 heavy (non-hydrogen) atoms. The van der Waals surface area contributed by atoms with Crippen LogP contribution in [0.4, 0.5) is 5.82 Å². The number of anilines is 1.